The zero-order valence-electron chi connectivity index (χ0n) is 12.2. The van der Waals surface area contributed by atoms with Crippen LogP contribution < -0.4 is 16.4 Å². The second kappa shape index (κ2) is 7.53. The van der Waals surface area contributed by atoms with Gasteiger partial charge in [-0.15, -0.1) is 0 Å². The lowest BCUT2D eigenvalue weighted by molar-refractivity contribution is -0.123. The minimum atomic E-state index is -0.685. The standard InChI is InChI=1S/C15H23N3O2/c1-10(2)13(18-15(16)20)14(19)17-9-11(3)12-7-5-4-6-8-12/h4-8,10-11,13H,9H2,1-3H3,(H,17,19)(H3,16,18,20). The Kier molecular flexibility index (Phi) is 6.03. The fraction of sp³-hybridized carbons (Fsp3) is 0.467. The molecule has 0 heterocycles. The first-order valence-corrected chi connectivity index (χ1v) is 6.80. The summed E-state index contributed by atoms with van der Waals surface area (Å²) >= 11 is 0. The van der Waals surface area contributed by atoms with E-state index >= 15 is 0 Å². The lowest BCUT2D eigenvalue weighted by Crippen LogP contribution is -2.51. The van der Waals surface area contributed by atoms with Crippen LogP contribution in [0.25, 0.3) is 0 Å². The van der Waals surface area contributed by atoms with Crippen molar-refractivity contribution >= 4 is 11.9 Å². The highest BCUT2D eigenvalue weighted by Gasteiger charge is 2.23. The van der Waals surface area contributed by atoms with Gasteiger partial charge in [0.05, 0.1) is 0 Å². The Hall–Kier alpha value is -2.04. The highest BCUT2D eigenvalue weighted by atomic mass is 16.2. The van der Waals surface area contributed by atoms with Gasteiger partial charge in [-0.1, -0.05) is 51.1 Å². The number of carbonyl (C=O) groups excluding carboxylic acids is 2. The number of hydrogen-bond donors (Lipinski definition) is 3. The molecule has 1 rings (SSSR count). The maximum atomic E-state index is 12.1. The molecule has 2 atom stereocenters. The molecule has 0 aromatic heterocycles. The average molecular weight is 277 g/mol. The molecule has 0 fully saturated rings. The summed E-state index contributed by atoms with van der Waals surface area (Å²) in [7, 11) is 0. The second-order valence-corrected chi connectivity index (χ2v) is 5.29. The van der Waals surface area contributed by atoms with E-state index in [-0.39, 0.29) is 17.7 Å². The van der Waals surface area contributed by atoms with E-state index in [1.165, 1.54) is 0 Å². The van der Waals surface area contributed by atoms with Crippen LogP contribution in [0.5, 0.6) is 0 Å². The van der Waals surface area contributed by atoms with Crippen molar-refractivity contribution in [3.05, 3.63) is 35.9 Å². The summed E-state index contributed by atoms with van der Waals surface area (Å²) in [4.78, 5) is 23.0. The summed E-state index contributed by atoms with van der Waals surface area (Å²) in [6, 6.07) is 8.67. The highest BCUT2D eigenvalue weighted by Crippen LogP contribution is 2.13. The molecule has 2 unspecified atom stereocenters. The highest BCUT2D eigenvalue weighted by molar-refractivity contribution is 5.86. The molecule has 1 aromatic carbocycles. The molecule has 0 spiro atoms. The van der Waals surface area contributed by atoms with Gasteiger partial charge < -0.3 is 16.4 Å². The van der Waals surface area contributed by atoms with Gasteiger partial charge in [-0.05, 0) is 17.4 Å². The van der Waals surface area contributed by atoms with Gasteiger partial charge in [0.2, 0.25) is 5.91 Å². The molecule has 110 valence electrons. The van der Waals surface area contributed by atoms with Crippen LogP contribution in [0.4, 0.5) is 4.79 Å². The summed E-state index contributed by atoms with van der Waals surface area (Å²) in [6.45, 7) is 6.29. The number of nitrogens with two attached hydrogens (primary N) is 1. The van der Waals surface area contributed by atoms with Crippen LogP contribution in [-0.4, -0.2) is 24.5 Å². The Morgan fingerprint density at radius 2 is 1.75 bits per heavy atom. The van der Waals surface area contributed by atoms with Crippen molar-refractivity contribution in [2.45, 2.75) is 32.7 Å². The number of primary amides is 1. The summed E-state index contributed by atoms with van der Waals surface area (Å²) in [5.41, 5.74) is 6.25. The van der Waals surface area contributed by atoms with Crippen molar-refractivity contribution in [3.63, 3.8) is 0 Å². The van der Waals surface area contributed by atoms with Crippen LogP contribution in [0.15, 0.2) is 30.3 Å². The van der Waals surface area contributed by atoms with E-state index in [0.29, 0.717) is 6.54 Å². The first kappa shape index (κ1) is 16.0. The normalized spacial score (nSPS) is 13.6. The third kappa shape index (κ3) is 4.91. The third-order valence-corrected chi connectivity index (χ3v) is 3.20. The number of urea groups is 1. The van der Waals surface area contributed by atoms with Gasteiger partial charge in [0.15, 0.2) is 0 Å². The number of amides is 3. The summed E-state index contributed by atoms with van der Waals surface area (Å²) < 4.78 is 0. The first-order chi connectivity index (χ1) is 9.41. The number of nitrogens with one attached hydrogen (secondary N) is 2. The van der Waals surface area contributed by atoms with Gasteiger partial charge in [-0.25, -0.2) is 4.79 Å². The molecule has 5 nitrogen and oxygen atoms in total. The van der Waals surface area contributed by atoms with Crippen LogP contribution in [0.3, 0.4) is 0 Å². The summed E-state index contributed by atoms with van der Waals surface area (Å²) in [5.74, 6) is -0.0161. The largest absolute Gasteiger partial charge is 0.354 e. The van der Waals surface area contributed by atoms with E-state index in [9.17, 15) is 9.59 Å². The molecule has 0 aliphatic heterocycles. The van der Waals surface area contributed by atoms with Crippen LogP contribution >= 0.6 is 0 Å². The van der Waals surface area contributed by atoms with Crippen molar-refractivity contribution in [2.24, 2.45) is 11.7 Å². The Labute approximate surface area is 119 Å². The van der Waals surface area contributed by atoms with Crippen molar-refractivity contribution in [1.82, 2.24) is 10.6 Å². The number of benzene rings is 1. The first-order valence-electron chi connectivity index (χ1n) is 6.80. The number of carbonyl (C=O) groups is 2. The van der Waals surface area contributed by atoms with Crippen molar-refractivity contribution in [2.75, 3.05) is 6.54 Å². The Morgan fingerprint density at radius 1 is 1.15 bits per heavy atom. The van der Waals surface area contributed by atoms with E-state index in [0.717, 1.165) is 5.56 Å². The SMILES string of the molecule is CC(CNC(=O)C(NC(N)=O)C(C)C)c1ccccc1. The molecule has 1 aromatic rings. The average Bonchev–Trinajstić information content (AvgIpc) is 2.42. The number of hydrogen-bond acceptors (Lipinski definition) is 2. The van der Waals surface area contributed by atoms with E-state index in [4.69, 9.17) is 5.73 Å². The van der Waals surface area contributed by atoms with Crippen molar-refractivity contribution in [3.8, 4) is 0 Å². The molecule has 4 N–H and O–H groups in total. The zero-order valence-corrected chi connectivity index (χ0v) is 12.2. The minimum Gasteiger partial charge on any atom is -0.354 e. The van der Waals surface area contributed by atoms with E-state index in [1.807, 2.05) is 51.1 Å². The van der Waals surface area contributed by atoms with Crippen LogP contribution in [0.2, 0.25) is 0 Å². The summed E-state index contributed by atoms with van der Waals surface area (Å²) in [5, 5.41) is 5.33. The molecule has 0 bridgehead atoms. The Balaban J connectivity index is 2.55. The molecular weight excluding hydrogens is 254 g/mol. The fourth-order valence-corrected chi connectivity index (χ4v) is 1.95. The van der Waals surface area contributed by atoms with Gasteiger partial charge in [0, 0.05) is 6.54 Å². The summed E-state index contributed by atoms with van der Waals surface area (Å²) in [6.07, 6.45) is 0. The topological polar surface area (TPSA) is 84.2 Å². The van der Waals surface area contributed by atoms with Crippen LogP contribution in [0.1, 0.15) is 32.3 Å². The smallest absolute Gasteiger partial charge is 0.312 e. The van der Waals surface area contributed by atoms with E-state index in [2.05, 4.69) is 10.6 Å². The Bertz CT molecular complexity index is 446. The lowest BCUT2D eigenvalue weighted by atomic mass is 10.00. The lowest BCUT2D eigenvalue weighted by Gasteiger charge is -2.22. The Morgan fingerprint density at radius 3 is 2.25 bits per heavy atom. The monoisotopic (exact) mass is 277 g/mol. The van der Waals surface area contributed by atoms with E-state index in [1.54, 1.807) is 0 Å². The van der Waals surface area contributed by atoms with Crippen molar-refractivity contribution in [1.29, 1.82) is 0 Å². The molecule has 0 saturated heterocycles. The van der Waals surface area contributed by atoms with E-state index < -0.39 is 12.1 Å². The maximum Gasteiger partial charge on any atom is 0.312 e. The molecule has 0 radical (unpaired) electrons. The maximum absolute atomic E-state index is 12.1. The van der Waals surface area contributed by atoms with Gasteiger partial charge in [0.1, 0.15) is 6.04 Å². The van der Waals surface area contributed by atoms with Crippen LogP contribution in [-0.2, 0) is 4.79 Å². The minimum absolute atomic E-state index is 0.0190. The van der Waals surface area contributed by atoms with Gasteiger partial charge in [0.25, 0.3) is 0 Å². The second-order valence-electron chi connectivity index (χ2n) is 5.29. The number of rotatable bonds is 6. The van der Waals surface area contributed by atoms with Crippen molar-refractivity contribution < 1.29 is 9.59 Å². The van der Waals surface area contributed by atoms with Gasteiger partial charge in [-0.2, -0.15) is 0 Å². The molecule has 3 amide bonds. The molecule has 0 aliphatic rings. The predicted octanol–water partition coefficient (Wildman–Crippen LogP) is 1.60. The quantitative estimate of drug-likeness (QED) is 0.738. The predicted molar refractivity (Wildman–Crippen MR) is 79.2 cm³/mol. The fourth-order valence-electron chi connectivity index (χ4n) is 1.95. The molecule has 5 heteroatoms. The third-order valence-electron chi connectivity index (χ3n) is 3.20. The molecular formula is C15H23N3O2. The van der Waals surface area contributed by atoms with Gasteiger partial charge in [-0.3, -0.25) is 4.79 Å². The molecule has 0 aliphatic carbocycles. The van der Waals surface area contributed by atoms with Crippen LogP contribution in [0, 0.1) is 5.92 Å². The molecule has 0 saturated carbocycles. The van der Waals surface area contributed by atoms with Gasteiger partial charge >= 0.3 is 6.03 Å². The molecule has 20 heavy (non-hydrogen) atoms. The zero-order chi connectivity index (χ0) is 15.1.